The number of aromatic nitrogens is 2. The van der Waals surface area contributed by atoms with Crippen LogP contribution in [0.25, 0.3) is 0 Å². The number of halogens is 1. The van der Waals surface area contributed by atoms with Crippen molar-refractivity contribution in [2.24, 2.45) is 0 Å². The van der Waals surface area contributed by atoms with Gasteiger partial charge in [-0.1, -0.05) is 12.1 Å². The van der Waals surface area contributed by atoms with Crippen LogP contribution in [0, 0.1) is 5.82 Å². The Labute approximate surface area is 108 Å². The van der Waals surface area contributed by atoms with Crippen molar-refractivity contribution in [1.29, 1.82) is 0 Å². The lowest BCUT2D eigenvalue weighted by Crippen LogP contribution is -2.27. The van der Waals surface area contributed by atoms with Gasteiger partial charge in [-0.3, -0.25) is 9.59 Å². The molecule has 1 aromatic heterocycles. The number of amides is 1. The highest BCUT2D eigenvalue weighted by molar-refractivity contribution is 5.91. The van der Waals surface area contributed by atoms with E-state index in [-0.39, 0.29) is 23.0 Å². The van der Waals surface area contributed by atoms with E-state index in [9.17, 15) is 14.0 Å². The zero-order valence-corrected chi connectivity index (χ0v) is 10.0. The van der Waals surface area contributed by atoms with Crippen LogP contribution in [0.5, 0.6) is 0 Å². The zero-order valence-electron chi connectivity index (χ0n) is 10.0. The molecule has 98 valence electrons. The van der Waals surface area contributed by atoms with E-state index in [0.29, 0.717) is 13.0 Å². The van der Waals surface area contributed by atoms with E-state index >= 15 is 0 Å². The van der Waals surface area contributed by atoms with E-state index in [1.807, 2.05) is 0 Å². The number of hydrogen-bond donors (Lipinski definition) is 2. The van der Waals surface area contributed by atoms with Gasteiger partial charge in [0.2, 0.25) is 0 Å². The van der Waals surface area contributed by atoms with Gasteiger partial charge in [0.05, 0.1) is 0 Å². The van der Waals surface area contributed by atoms with Gasteiger partial charge in [0.1, 0.15) is 11.5 Å². The maximum Gasteiger partial charge on any atom is 0.271 e. The summed E-state index contributed by atoms with van der Waals surface area (Å²) < 4.78 is 12.7. The average Bonchev–Trinajstić information content (AvgIpc) is 2.41. The Bertz CT molecular complexity index is 602. The molecule has 2 rings (SSSR count). The number of rotatable bonds is 4. The number of carbonyl (C=O) groups is 1. The lowest BCUT2D eigenvalue weighted by molar-refractivity contribution is 0.0948. The van der Waals surface area contributed by atoms with Gasteiger partial charge in [-0.25, -0.2) is 9.49 Å². The Morgan fingerprint density at radius 2 is 1.95 bits per heavy atom. The maximum absolute atomic E-state index is 12.7. The summed E-state index contributed by atoms with van der Waals surface area (Å²) in [6.45, 7) is 0.408. The summed E-state index contributed by atoms with van der Waals surface area (Å²) in [5.41, 5.74) is 0.720. The minimum absolute atomic E-state index is 0.152. The normalized spacial score (nSPS) is 10.2. The largest absolute Gasteiger partial charge is 0.350 e. The third kappa shape index (κ3) is 3.74. The molecule has 1 aromatic carbocycles. The first-order chi connectivity index (χ1) is 9.15. The number of aromatic amines is 1. The molecular weight excluding hydrogens is 249 g/mol. The van der Waals surface area contributed by atoms with Gasteiger partial charge < -0.3 is 5.32 Å². The fourth-order valence-electron chi connectivity index (χ4n) is 1.53. The minimum atomic E-state index is -0.363. The zero-order chi connectivity index (χ0) is 13.7. The van der Waals surface area contributed by atoms with E-state index in [1.165, 1.54) is 24.3 Å². The Hall–Kier alpha value is -2.50. The molecule has 0 fully saturated rings. The van der Waals surface area contributed by atoms with Crippen LogP contribution in [-0.4, -0.2) is 22.6 Å². The number of carbonyl (C=O) groups excluding carboxylic acids is 1. The predicted octanol–water partition coefficient (Wildman–Crippen LogP) is 0.881. The van der Waals surface area contributed by atoms with Gasteiger partial charge in [-0.05, 0) is 30.2 Å². The molecule has 0 spiro atoms. The topological polar surface area (TPSA) is 74.8 Å². The van der Waals surface area contributed by atoms with E-state index < -0.39 is 0 Å². The smallest absolute Gasteiger partial charge is 0.271 e. The van der Waals surface area contributed by atoms with Crippen LogP contribution >= 0.6 is 0 Å². The van der Waals surface area contributed by atoms with Crippen LogP contribution in [-0.2, 0) is 6.42 Å². The monoisotopic (exact) mass is 261 g/mol. The summed E-state index contributed by atoms with van der Waals surface area (Å²) in [5, 5.41) is 8.47. The summed E-state index contributed by atoms with van der Waals surface area (Å²) in [7, 11) is 0. The molecule has 0 saturated heterocycles. The number of nitrogens with one attached hydrogen (secondary N) is 2. The first-order valence-electron chi connectivity index (χ1n) is 5.73. The molecule has 1 heterocycles. The van der Waals surface area contributed by atoms with Gasteiger partial charge in [0, 0.05) is 12.6 Å². The van der Waals surface area contributed by atoms with Crippen LogP contribution in [0.3, 0.4) is 0 Å². The van der Waals surface area contributed by atoms with Gasteiger partial charge in [-0.2, -0.15) is 5.10 Å². The molecule has 6 heteroatoms. The van der Waals surface area contributed by atoms with E-state index in [4.69, 9.17) is 0 Å². The standard InChI is InChI=1S/C13H12FN3O2/c14-10-3-1-9(2-4-10)7-8-15-13(19)11-5-6-12(18)17-16-11/h1-6H,7-8H2,(H,15,19)(H,17,18). The van der Waals surface area contributed by atoms with Crippen LogP contribution in [0.15, 0.2) is 41.2 Å². The summed E-state index contributed by atoms with van der Waals surface area (Å²) in [4.78, 5) is 22.4. The number of nitrogens with zero attached hydrogens (tertiary/aromatic N) is 1. The summed E-state index contributed by atoms with van der Waals surface area (Å²) in [6.07, 6.45) is 0.593. The van der Waals surface area contributed by atoms with Gasteiger partial charge >= 0.3 is 0 Å². The van der Waals surface area contributed by atoms with Crippen molar-refractivity contribution in [3.8, 4) is 0 Å². The van der Waals surface area contributed by atoms with Crippen LogP contribution < -0.4 is 10.9 Å². The molecule has 0 bridgehead atoms. The van der Waals surface area contributed by atoms with E-state index in [0.717, 1.165) is 5.56 Å². The fraction of sp³-hybridized carbons (Fsp3) is 0.154. The average molecular weight is 261 g/mol. The van der Waals surface area contributed by atoms with Crippen molar-refractivity contribution in [3.05, 3.63) is 63.8 Å². The second-order valence-corrected chi connectivity index (χ2v) is 3.94. The van der Waals surface area contributed by atoms with Crippen molar-refractivity contribution < 1.29 is 9.18 Å². The Morgan fingerprint density at radius 1 is 1.21 bits per heavy atom. The second-order valence-electron chi connectivity index (χ2n) is 3.94. The van der Waals surface area contributed by atoms with E-state index in [2.05, 4.69) is 15.5 Å². The molecule has 1 amide bonds. The Morgan fingerprint density at radius 3 is 2.58 bits per heavy atom. The molecule has 0 aliphatic rings. The summed E-state index contributed by atoms with van der Waals surface area (Å²) in [6, 6.07) is 8.68. The van der Waals surface area contributed by atoms with Crippen LogP contribution in [0.4, 0.5) is 4.39 Å². The minimum Gasteiger partial charge on any atom is -0.350 e. The third-order valence-corrected chi connectivity index (χ3v) is 2.52. The lowest BCUT2D eigenvalue weighted by atomic mass is 10.1. The van der Waals surface area contributed by atoms with Crippen molar-refractivity contribution in [1.82, 2.24) is 15.5 Å². The maximum atomic E-state index is 12.7. The molecule has 0 aliphatic carbocycles. The third-order valence-electron chi connectivity index (χ3n) is 2.52. The van der Waals surface area contributed by atoms with Gasteiger partial charge in [0.15, 0.2) is 0 Å². The highest BCUT2D eigenvalue weighted by Gasteiger charge is 2.06. The molecule has 0 atom stereocenters. The first-order valence-corrected chi connectivity index (χ1v) is 5.73. The second kappa shape index (κ2) is 5.90. The molecule has 2 N–H and O–H groups in total. The van der Waals surface area contributed by atoms with Crippen molar-refractivity contribution >= 4 is 5.91 Å². The number of benzene rings is 1. The highest BCUT2D eigenvalue weighted by atomic mass is 19.1. The quantitative estimate of drug-likeness (QED) is 0.858. The Balaban J connectivity index is 1.85. The van der Waals surface area contributed by atoms with Crippen LogP contribution in [0.2, 0.25) is 0 Å². The SMILES string of the molecule is O=C(NCCc1ccc(F)cc1)c1ccc(=O)[nH]n1. The first kappa shape index (κ1) is 12.9. The van der Waals surface area contributed by atoms with Crippen LogP contribution in [0.1, 0.15) is 16.1 Å². The molecule has 19 heavy (non-hydrogen) atoms. The predicted molar refractivity (Wildman–Crippen MR) is 67.3 cm³/mol. The number of H-pyrrole nitrogens is 1. The molecular formula is C13H12FN3O2. The highest BCUT2D eigenvalue weighted by Crippen LogP contribution is 2.02. The van der Waals surface area contributed by atoms with Gasteiger partial charge in [0.25, 0.3) is 11.5 Å². The lowest BCUT2D eigenvalue weighted by Gasteiger charge is -2.04. The van der Waals surface area contributed by atoms with Crippen molar-refractivity contribution in [2.75, 3.05) is 6.54 Å². The molecule has 5 nitrogen and oxygen atoms in total. The molecule has 0 radical (unpaired) electrons. The number of hydrogen-bond acceptors (Lipinski definition) is 3. The van der Waals surface area contributed by atoms with Gasteiger partial charge in [-0.15, -0.1) is 0 Å². The Kier molecular flexibility index (Phi) is 4.02. The van der Waals surface area contributed by atoms with E-state index in [1.54, 1.807) is 12.1 Å². The summed E-state index contributed by atoms with van der Waals surface area (Å²) in [5.74, 6) is -0.649. The summed E-state index contributed by atoms with van der Waals surface area (Å²) >= 11 is 0. The van der Waals surface area contributed by atoms with Crippen molar-refractivity contribution in [2.45, 2.75) is 6.42 Å². The molecule has 0 unspecified atom stereocenters. The van der Waals surface area contributed by atoms with Crippen molar-refractivity contribution in [3.63, 3.8) is 0 Å². The molecule has 0 saturated carbocycles. The fourth-order valence-corrected chi connectivity index (χ4v) is 1.53. The molecule has 0 aliphatic heterocycles. The molecule has 2 aromatic rings.